The fourth-order valence-electron chi connectivity index (χ4n) is 2.21. The maximum absolute atomic E-state index is 12.5. The summed E-state index contributed by atoms with van der Waals surface area (Å²) in [6, 6.07) is -2.53. The molecule has 0 saturated heterocycles. The van der Waals surface area contributed by atoms with Crippen molar-refractivity contribution >= 4 is 23.9 Å². The Kier molecular flexibility index (Phi) is 13.2. The molecule has 0 aliphatic rings. The van der Waals surface area contributed by atoms with Gasteiger partial charge in [-0.3, -0.25) is 9.59 Å². The van der Waals surface area contributed by atoms with E-state index >= 15 is 0 Å². The highest BCUT2D eigenvalue weighted by Gasteiger charge is 2.28. The molecule has 11 heteroatoms. The lowest BCUT2D eigenvalue weighted by molar-refractivity contribution is -0.129. The number of alkyl carbamates (subject to hydrolysis) is 1. The van der Waals surface area contributed by atoms with Crippen molar-refractivity contribution in [3.05, 3.63) is 0 Å². The third-order valence-corrected chi connectivity index (χ3v) is 3.66. The molecule has 0 aromatic rings. The number of hydrogen-bond acceptors (Lipinski definition) is 6. The van der Waals surface area contributed by atoms with Crippen LogP contribution in [0.25, 0.3) is 0 Å². The lowest BCUT2D eigenvalue weighted by atomic mass is 10.0. The Balaban J connectivity index is 4.56. The first-order chi connectivity index (χ1) is 13.2. The smallest absolute Gasteiger partial charge is 0.407 e. The monoisotopic (exact) mass is 403 g/mol. The Morgan fingerprint density at radius 2 is 1.68 bits per heavy atom. The summed E-state index contributed by atoms with van der Waals surface area (Å²) in [6.07, 6.45) is 0.707. The molecule has 0 radical (unpaired) electrons. The summed E-state index contributed by atoms with van der Waals surface area (Å²) in [4.78, 5) is 46.6. The molecule has 0 aromatic carbocycles. The summed E-state index contributed by atoms with van der Waals surface area (Å²) in [5.41, 5.74) is 10.3. The second-order valence-electron chi connectivity index (χ2n) is 6.51. The highest BCUT2D eigenvalue weighted by Crippen LogP contribution is 2.05. The second-order valence-corrected chi connectivity index (χ2v) is 6.51. The van der Waals surface area contributed by atoms with Crippen molar-refractivity contribution in [3.8, 4) is 0 Å². The summed E-state index contributed by atoms with van der Waals surface area (Å²) in [5.74, 6) is -1.53. The number of urea groups is 1. The van der Waals surface area contributed by atoms with Gasteiger partial charge in [0.1, 0.15) is 18.7 Å². The molecule has 7 N–H and O–H groups in total. The molecule has 5 amide bonds. The van der Waals surface area contributed by atoms with Gasteiger partial charge in [-0.15, -0.1) is 0 Å². The van der Waals surface area contributed by atoms with Crippen LogP contribution in [0.1, 0.15) is 40.0 Å². The Bertz CT molecular complexity index is 514. The zero-order chi connectivity index (χ0) is 21.5. The van der Waals surface area contributed by atoms with E-state index in [1.807, 2.05) is 6.92 Å². The van der Waals surface area contributed by atoms with Crippen molar-refractivity contribution in [1.82, 2.24) is 16.0 Å². The van der Waals surface area contributed by atoms with Gasteiger partial charge in [0.25, 0.3) is 0 Å². The fourth-order valence-corrected chi connectivity index (χ4v) is 2.21. The van der Waals surface area contributed by atoms with Crippen LogP contribution in [-0.4, -0.2) is 62.4 Å². The van der Waals surface area contributed by atoms with Crippen LogP contribution in [0.5, 0.6) is 0 Å². The summed E-state index contributed by atoms with van der Waals surface area (Å²) < 4.78 is 10.2. The average molecular weight is 403 g/mol. The first-order valence-electron chi connectivity index (χ1n) is 9.33. The molecular formula is C17H33N5O6. The molecule has 162 valence electrons. The quantitative estimate of drug-likeness (QED) is 0.246. The van der Waals surface area contributed by atoms with Crippen LogP contribution >= 0.6 is 0 Å². The lowest BCUT2D eigenvalue weighted by Crippen LogP contribution is -2.55. The minimum absolute atomic E-state index is 0.0645. The van der Waals surface area contributed by atoms with Gasteiger partial charge in [0.15, 0.2) is 0 Å². The van der Waals surface area contributed by atoms with Gasteiger partial charge in [-0.1, -0.05) is 20.8 Å². The van der Waals surface area contributed by atoms with E-state index < -0.39 is 36.0 Å². The van der Waals surface area contributed by atoms with E-state index in [9.17, 15) is 19.2 Å². The Morgan fingerprint density at radius 1 is 1.00 bits per heavy atom. The first kappa shape index (κ1) is 25.4. The number of carbonyl (C=O) groups excluding carboxylic acids is 4. The molecule has 0 unspecified atom stereocenters. The highest BCUT2D eigenvalue weighted by molar-refractivity contribution is 5.90. The van der Waals surface area contributed by atoms with E-state index in [0.29, 0.717) is 13.0 Å². The Hall–Kier alpha value is -2.56. The van der Waals surface area contributed by atoms with Crippen molar-refractivity contribution < 1.29 is 28.7 Å². The van der Waals surface area contributed by atoms with Gasteiger partial charge in [-0.25, -0.2) is 9.59 Å². The fraction of sp³-hybridized carbons (Fsp3) is 0.765. The summed E-state index contributed by atoms with van der Waals surface area (Å²) in [7, 11) is 0. The van der Waals surface area contributed by atoms with Crippen molar-refractivity contribution in [1.29, 1.82) is 0 Å². The molecule has 2 atom stereocenters. The number of primary amides is 2. The van der Waals surface area contributed by atoms with Gasteiger partial charge in [0.05, 0.1) is 6.61 Å². The predicted octanol–water partition coefficient (Wildman–Crippen LogP) is -0.418. The maximum Gasteiger partial charge on any atom is 0.407 e. The van der Waals surface area contributed by atoms with Gasteiger partial charge in [0, 0.05) is 13.2 Å². The Labute approximate surface area is 165 Å². The van der Waals surface area contributed by atoms with Crippen LogP contribution in [-0.2, 0) is 19.1 Å². The topological polar surface area (TPSA) is 175 Å². The molecule has 28 heavy (non-hydrogen) atoms. The SMILES string of the molecule is CCCOCCOC(=O)N[C@H](C(=O)N[C@@H](CCCNC(N)=O)C(N)=O)C(C)C. The van der Waals surface area contributed by atoms with E-state index in [4.69, 9.17) is 20.9 Å². The number of nitrogens with two attached hydrogens (primary N) is 2. The number of carbonyl (C=O) groups is 4. The molecular weight excluding hydrogens is 370 g/mol. The number of ether oxygens (including phenoxy) is 2. The molecule has 0 aromatic heterocycles. The molecule has 0 fully saturated rings. The van der Waals surface area contributed by atoms with Crippen LogP contribution in [0.4, 0.5) is 9.59 Å². The molecule has 0 saturated carbocycles. The molecule has 0 spiro atoms. The van der Waals surface area contributed by atoms with Gasteiger partial charge in [-0.05, 0) is 25.2 Å². The van der Waals surface area contributed by atoms with E-state index in [1.165, 1.54) is 0 Å². The van der Waals surface area contributed by atoms with Crippen molar-refractivity contribution in [2.24, 2.45) is 17.4 Å². The van der Waals surface area contributed by atoms with Crippen molar-refractivity contribution in [2.75, 3.05) is 26.4 Å². The van der Waals surface area contributed by atoms with Crippen molar-refractivity contribution in [3.63, 3.8) is 0 Å². The van der Waals surface area contributed by atoms with Gasteiger partial charge >= 0.3 is 12.1 Å². The van der Waals surface area contributed by atoms with Crippen molar-refractivity contribution in [2.45, 2.75) is 52.1 Å². The molecule has 0 heterocycles. The van der Waals surface area contributed by atoms with E-state index in [2.05, 4.69) is 16.0 Å². The minimum atomic E-state index is -0.941. The number of hydrogen-bond donors (Lipinski definition) is 5. The summed E-state index contributed by atoms with van der Waals surface area (Å²) >= 11 is 0. The largest absolute Gasteiger partial charge is 0.447 e. The normalized spacial score (nSPS) is 12.7. The first-order valence-corrected chi connectivity index (χ1v) is 9.33. The lowest BCUT2D eigenvalue weighted by Gasteiger charge is -2.24. The van der Waals surface area contributed by atoms with E-state index in [0.717, 1.165) is 6.42 Å². The number of amides is 5. The third kappa shape index (κ3) is 11.9. The van der Waals surface area contributed by atoms with Crippen LogP contribution in [0, 0.1) is 5.92 Å². The highest BCUT2D eigenvalue weighted by atomic mass is 16.6. The maximum atomic E-state index is 12.5. The van der Waals surface area contributed by atoms with Gasteiger partial charge in [-0.2, -0.15) is 0 Å². The molecule has 0 aliphatic heterocycles. The molecule has 11 nitrogen and oxygen atoms in total. The second kappa shape index (κ2) is 14.5. The van der Waals surface area contributed by atoms with Crippen LogP contribution in [0.15, 0.2) is 0 Å². The number of rotatable bonds is 14. The van der Waals surface area contributed by atoms with E-state index in [-0.39, 0.29) is 32.1 Å². The van der Waals surface area contributed by atoms with Gasteiger partial charge < -0.3 is 36.9 Å². The molecule has 0 bridgehead atoms. The Morgan fingerprint density at radius 3 is 2.21 bits per heavy atom. The van der Waals surface area contributed by atoms with Crippen LogP contribution < -0.4 is 27.4 Å². The predicted molar refractivity (Wildman–Crippen MR) is 102 cm³/mol. The number of nitrogens with one attached hydrogen (secondary N) is 3. The van der Waals surface area contributed by atoms with Crippen LogP contribution in [0.2, 0.25) is 0 Å². The molecule has 0 aliphatic carbocycles. The summed E-state index contributed by atoms with van der Waals surface area (Å²) in [5, 5.41) is 7.38. The van der Waals surface area contributed by atoms with Crippen LogP contribution in [0.3, 0.4) is 0 Å². The minimum Gasteiger partial charge on any atom is -0.447 e. The van der Waals surface area contributed by atoms with Gasteiger partial charge in [0.2, 0.25) is 11.8 Å². The average Bonchev–Trinajstić information content (AvgIpc) is 2.61. The zero-order valence-electron chi connectivity index (χ0n) is 16.8. The third-order valence-electron chi connectivity index (χ3n) is 3.66. The summed E-state index contributed by atoms with van der Waals surface area (Å²) in [6.45, 7) is 6.60. The van der Waals surface area contributed by atoms with E-state index in [1.54, 1.807) is 13.8 Å². The molecule has 0 rings (SSSR count). The zero-order valence-corrected chi connectivity index (χ0v) is 16.8. The standard InChI is InChI=1S/C17H33N5O6/c1-4-8-27-9-10-28-17(26)22-13(11(2)3)15(24)21-12(14(18)23)6-5-7-20-16(19)25/h11-13H,4-10H2,1-3H3,(H2,18,23)(H,21,24)(H,22,26)(H3,19,20,25)/t12-,13-/m0/s1.